The smallest absolute Gasteiger partial charge is 0.258 e. The first kappa shape index (κ1) is 12.7. The highest BCUT2D eigenvalue weighted by Crippen LogP contribution is 2.31. The Hall–Kier alpha value is -2.30. The number of carbonyl (C=O) groups excluding carboxylic acids is 1. The van der Waals surface area contributed by atoms with E-state index < -0.39 is 0 Å². The fraction of sp³-hybridized carbons (Fsp3) is 0.333. The van der Waals surface area contributed by atoms with Gasteiger partial charge in [0.1, 0.15) is 11.4 Å². The number of anilines is 1. The minimum Gasteiger partial charge on any atom is -0.369 e. The van der Waals surface area contributed by atoms with Crippen LogP contribution >= 0.6 is 0 Å². The molecule has 3 rings (SSSR count). The quantitative estimate of drug-likeness (QED) is 0.908. The topological polar surface area (TPSA) is 50.2 Å². The Morgan fingerprint density at radius 3 is 2.80 bits per heavy atom. The Bertz CT molecular complexity index is 618. The third-order valence-electron chi connectivity index (χ3n) is 3.62. The summed E-state index contributed by atoms with van der Waals surface area (Å²) in [4.78, 5) is 13.7. The van der Waals surface area contributed by atoms with Crippen LogP contribution in [0.4, 0.5) is 5.82 Å². The zero-order valence-corrected chi connectivity index (χ0v) is 11.7. The van der Waals surface area contributed by atoms with Gasteiger partial charge in [-0.2, -0.15) is 5.10 Å². The monoisotopic (exact) mass is 270 g/mol. The highest BCUT2D eigenvalue weighted by Gasteiger charge is 2.27. The molecule has 0 aliphatic carbocycles. The molecular weight excluding hydrogens is 252 g/mol. The van der Waals surface area contributed by atoms with Crippen molar-refractivity contribution in [3.63, 3.8) is 0 Å². The van der Waals surface area contributed by atoms with Crippen LogP contribution in [0.3, 0.4) is 0 Å². The van der Waals surface area contributed by atoms with Gasteiger partial charge in [0.25, 0.3) is 5.91 Å². The molecule has 1 atom stereocenters. The molecule has 1 aliphatic rings. The highest BCUT2D eigenvalue weighted by molar-refractivity contribution is 5.98. The lowest BCUT2D eigenvalue weighted by molar-refractivity contribution is 0.0828. The van der Waals surface area contributed by atoms with E-state index in [1.54, 1.807) is 25.2 Å². The summed E-state index contributed by atoms with van der Waals surface area (Å²) in [6.45, 7) is 0.846. The van der Waals surface area contributed by atoms with Crippen LogP contribution in [0.1, 0.15) is 28.4 Å². The maximum atomic E-state index is 12.2. The first-order valence-electron chi connectivity index (χ1n) is 6.76. The lowest BCUT2D eigenvalue weighted by Crippen LogP contribution is -2.27. The predicted molar refractivity (Wildman–Crippen MR) is 77.9 cm³/mol. The second kappa shape index (κ2) is 5.00. The van der Waals surface area contributed by atoms with Gasteiger partial charge in [0.05, 0.1) is 12.2 Å². The first-order valence-corrected chi connectivity index (χ1v) is 6.76. The van der Waals surface area contributed by atoms with Crippen molar-refractivity contribution < 1.29 is 4.79 Å². The van der Waals surface area contributed by atoms with E-state index in [9.17, 15) is 4.79 Å². The zero-order valence-electron chi connectivity index (χ0n) is 11.7. The summed E-state index contributed by atoms with van der Waals surface area (Å²) in [5, 5.41) is 7.72. The number of rotatable bonds is 2. The Balaban J connectivity index is 2.01. The van der Waals surface area contributed by atoms with E-state index >= 15 is 0 Å². The van der Waals surface area contributed by atoms with Gasteiger partial charge in [-0.25, -0.2) is 4.68 Å². The summed E-state index contributed by atoms with van der Waals surface area (Å²) in [5.74, 6) is 0.802. The predicted octanol–water partition coefficient (Wildman–Crippen LogP) is 1.99. The molecule has 2 aromatic rings. The number of carbonyl (C=O) groups is 1. The summed E-state index contributed by atoms with van der Waals surface area (Å²) in [6.07, 6.45) is 2.63. The van der Waals surface area contributed by atoms with Gasteiger partial charge in [-0.15, -0.1) is 0 Å². The minimum atomic E-state index is -0.0209. The highest BCUT2D eigenvalue weighted by atomic mass is 16.2. The van der Waals surface area contributed by atoms with Gasteiger partial charge < -0.3 is 10.2 Å². The van der Waals surface area contributed by atoms with Gasteiger partial charge in [-0.1, -0.05) is 30.3 Å². The fourth-order valence-electron chi connectivity index (χ4n) is 2.60. The SMILES string of the molecule is CN(C)C(=O)c1cnn2c1NCCC2c1ccccc1. The first-order chi connectivity index (χ1) is 9.68. The maximum Gasteiger partial charge on any atom is 0.258 e. The van der Waals surface area contributed by atoms with E-state index in [-0.39, 0.29) is 11.9 Å². The average Bonchev–Trinajstić information content (AvgIpc) is 2.91. The molecule has 0 saturated heterocycles. The van der Waals surface area contributed by atoms with Crippen molar-refractivity contribution in [2.75, 3.05) is 26.0 Å². The van der Waals surface area contributed by atoms with Gasteiger partial charge >= 0.3 is 0 Å². The van der Waals surface area contributed by atoms with Gasteiger partial charge in [-0.3, -0.25) is 4.79 Å². The fourth-order valence-corrected chi connectivity index (χ4v) is 2.60. The molecule has 1 aromatic heterocycles. The van der Waals surface area contributed by atoms with Gasteiger partial charge in [-0.05, 0) is 12.0 Å². The Morgan fingerprint density at radius 1 is 1.35 bits per heavy atom. The third-order valence-corrected chi connectivity index (χ3v) is 3.62. The molecule has 2 heterocycles. The second-order valence-corrected chi connectivity index (χ2v) is 5.19. The van der Waals surface area contributed by atoms with Crippen LogP contribution in [0.2, 0.25) is 0 Å². The molecule has 1 unspecified atom stereocenters. The van der Waals surface area contributed by atoms with Gasteiger partial charge in [0.15, 0.2) is 0 Å². The number of nitrogens with zero attached hydrogens (tertiary/aromatic N) is 3. The number of hydrogen-bond donors (Lipinski definition) is 1. The van der Waals surface area contributed by atoms with Crippen LogP contribution in [0, 0.1) is 0 Å². The van der Waals surface area contributed by atoms with Crippen molar-refractivity contribution >= 4 is 11.7 Å². The van der Waals surface area contributed by atoms with Crippen LogP contribution in [0.5, 0.6) is 0 Å². The molecule has 5 heteroatoms. The number of benzene rings is 1. The summed E-state index contributed by atoms with van der Waals surface area (Å²) >= 11 is 0. The summed E-state index contributed by atoms with van der Waals surface area (Å²) in [6, 6.07) is 10.5. The van der Waals surface area contributed by atoms with Gasteiger partial charge in [0, 0.05) is 20.6 Å². The number of fused-ring (bicyclic) bond motifs is 1. The van der Waals surface area contributed by atoms with E-state index in [0.29, 0.717) is 5.56 Å². The molecule has 1 aliphatic heterocycles. The summed E-state index contributed by atoms with van der Waals surface area (Å²) in [5.41, 5.74) is 1.86. The van der Waals surface area contributed by atoms with E-state index in [1.165, 1.54) is 5.56 Å². The lowest BCUT2D eigenvalue weighted by atomic mass is 10.0. The van der Waals surface area contributed by atoms with E-state index in [0.717, 1.165) is 18.8 Å². The Morgan fingerprint density at radius 2 is 2.10 bits per heavy atom. The molecule has 0 fully saturated rings. The lowest BCUT2D eigenvalue weighted by Gasteiger charge is -2.26. The molecule has 0 saturated carbocycles. The second-order valence-electron chi connectivity index (χ2n) is 5.19. The van der Waals surface area contributed by atoms with Gasteiger partial charge in [0.2, 0.25) is 0 Å². The van der Waals surface area contributed by atoms with Crippen LogP contribution in [-0.4, -0.2) is 41.2 Å². The molecule has 5 nitrogen and oxygen atoms in total. The number of hydrogen-bond acceptors (Lipinski definition) is 3. The van der Waals surface area contributed by atoms with Crippen molar-refractivity contribution in [3.8, 4) is 0 Å². The van der Waals surface area contributed by atoms with Crippen molar-refractivity contribution in [1.82, 2.24) is 14.7 Å². The summed E-state index contributed by atoms with van der Waals surface area (Å²) < 4.78 is 1.93. The van der Waals surface area contributed by atoms with Crippen LogP contribution in [0.15, 0.2) is 36.5 Å². The molecule has 0 bridgehead atoms. The maximum absolute atomic E-state index is 12.2. The normalized spacial score (nSPS) is 17.2. The standard InChI is InChI=1S/C15H18N4O/c1-18(2)15(20)12-10-17-19-13(8-9-16-14(12)19)11-6-4-3-5-7-11/h3-7,10,13,16H,8-9H2,1-2H3. The van der Waals surface area contributed by atoms with E-state index in [2.05, 4.69) is 22.5 Å². The number of nitrogens with one attached hydrogen (secondary N) is 1. The molecule has 1 amide bonds. The number of aromatic nitrogens is 2. The summed E-state index contributed by atoms with van der Waals surface area (Å²) in [7, 11) is 3.51. The molecule has 1 aromatic carbocycles. The Kier molecular flexibility index (Phi) is 3.18. The van der Waals surface area contributed by atoms with Crippen molar-refractivity contribution in [2.24, 2.45) is 0 Å². The molecular formula is C15H18N4O. The molecule has 104 valence electrons. The van der Waals surface area contributed by atoms with Crippen molar-refractivity contribution in [3.05, 3.63) is 47.7 Å². The molecule has 0 radical (unpaired) electrons. The number of amides is 1. The largest absolute Gasteiger partial charge is 0.369 e. The molecule has 1 N–H and O–H groups in total. The van der Waals surface area contributed by atoms with E-state index in [4.69, 9.17) is 0 Å². The van der Waals surface area contributed by atoms with Crippen molar-refractivity contribution in [1.29, 1.82) is 0 Å². The molecule has 20 heavy (non-hydrogen) atoms. The van der Waals surface area contributed by atoms with Crippen LogP contribution < -0.4 is 5.32 Å². The van der Waals surface area contributed by atoms with E-state index in [1.807, 2.05) is 22.9 Å². The van der Waals surface area contributed by atoms with Crippen LogP contribution in [-0.2, 0) is 0 Å². The van der Waals surface area contributed by atoms with Crippen LogP contribution in [0.25, 0.3) is 0 Å². The average molecular weight is 270 g/mol. The van der Waals surface area contributed by atoms with Crippen molar-refractivity contribution in [2.45, 2.75) is 12.5 Å². The Labute approximate surface area is 118 Å². The third kappa shape index (κ3) is 2.05. The molecule has 0 spiro atoms. The minimum absolute atomic E-state index is 0.0209. The zero-order chi connectivity index (χ0) is 14.1.